The summed E-state index contributed by atoms with van der Waals surface area (Å²) in [6, 6.07) is 3.85. The number of ether oxygens (including phenoxy) is 3. The van der Waals surface area contributed by atoms with Crippen LogP contribution in [-0.2, 0) is 22.5 Å². The molecular formula is C19H26N2O5. The van der Waals surface area contributed by atoms with Crippen molar-refractivity contribution in [3.05, 3.63) is 23.3 Å². The van der Waals surface area contributed by atoms with Crippen LogP contribution in [0.15, 0.2) is 12.1 Å². The summed E-state index contributed by atoms with van der Waals surface area (Å²) in [6.45, 7) is 5.59. The van der Waals surface area contributed by atoms with E-state index in [4.69, 9.17) is 14.2 Å². The summed E-state index contributed by atoms with van der Waals surface area (Å²) in [4.78, 5) is 28.1. The molecule has 2 aliphatic rings. The Morgan fingerprint density at radius 1 is 1.23 bits per heavy atom. The third-order valence-corrected chi connectivity index (χ3v) is 5.16. The molecule has 0 N–H and O–H groups in total. The summed E-state index contributed by atoms with van der Waals surface area (Å²) in [5.41, 5.74) is 2.21. The second-order valence-corrected chi connectivity index (χ2v) is 7.06. The van der Waals surface area contributed by atoms with Gasteiger partial charge in [0, 0.05) is 13.1 Å². The standard InChI is InChI=1S/C19H26N2O5/c1-12(2)15-11-26-19(23)21(15)10-18(22)20-6-5-13-7-16(24-3)17(25-4)8-14(13)9-20/h7-8,12,15H,5-6,9-11H2,1-4H3. The van der Waals surface area contributed by atoms with Crippen LogP contribution >= 0.6 is 0 Å². The lowest BCUT2D eigenvalue weighted by Crippen LogP contribution is -2.46. The van der Waals surface area contributed by atoms with Gasteiger partial charge in [0.2, 0.25) is 5.91 Å². The predicted molar refractivity (Wildman–Crippen MR) is 95.3 cm³/mol. The van der Waals surface area contributed by atoms with E-state index in [1.54, 1.807) is 24.0 Å². The minimum atomic E-state index is -0.402. The van der Waals surface area contributed by atoms with Gasteiger partial charge in [-0.05, 0) is 35.6 Å². The fourth-order valence-electron chi connectivity index (χ4n) is 3.54. The molecule has 7 heteroatoms. The van der Waals surface area contributed by atoms with Crippen molar-refractivity contribution < 1.29 is 23.8 Å². The van der Waals surface area contributed by atoms with Gasteiger partial charge in [0.05, 0.1) is 20.3 Å². The first-order valence-corrected chi connectivity index (χ1v) is 8.89. The Morgan fingerprint density at radius 3 is 2.50 bits per heavy atom. The van der Waals surface area contributed by atoms with Gasteiger partial charge in [0.25, 0.3) is 0 Å². The lowest BCUT2D eigenvalue weighted by Gasteiger charge is -2.32. The molecule has 2 aliphatic heterocycles. The molecule has 1 aromatic carbocycles. The van der Waals surface area contributed by atoms with Gasteiger partial charge in [-0.1, -0.05) is 13.8 Å². The molecule has 2 amide bonds. The van der Waals surface area contributed by atoms with E-state index in [2.05, 4.69) is 0 Å². The van der Waals surface area contributed by atoms with E-state index in [-0.39, 0.29) is 24.4 Å². The van der Waals surface area contributed by atoms with Crippen molar-refractivity contribution in [3.8, 4) is 11.5 Å². The maximum Gasteiger partial charge on any atom is 0.410 e. The van der Waals surface area contributed by atoms with E-state index in [1.165, 1.54) is 0 Å². The average molecular weight is 362 g/mol. The van der Waals surface area contributed by atoms with Crippen molar-refractivity contribution in [1.82, 2.24) is 9.80 Å². The number of benzene rings is 1. The molecule has 142 valence electrons. The summed E-state index contributed by atoms with van der Waals surface area (Å²) in [5, 5.41) is 0. The maximum atomic E-state index is 12.8. The van der Waals surface area contributed by atoms with Gasteiger partial charge < -0.3 is 19.1 Å². The van der Waals surface area contributed by atoms with Gasteiger partial charge in [-0.25, -0.2) is 4.79 Å². The van der Waals surface area contributed by atoms with Crippen LogP contribution in [0.1, 0.15) is 25.0 Å². The zero-order valence-electron chi connectivity index (χ0n) is 15.8. The number of rotatable bonds is 5. The second kappa shape index (κ2) is 7.43. The Bertz CT molecular complexity index is 703. The predicted octanol–water partition coefficient (Wildman–Crippen LogP) is 2.07. The van der Waals surface area contributed by atoms with Crippen molar-refractivity contribution in [2.24, 2.45) is 5.92 Å². The number of fused-ring (bicyclic) bond motifs is 1. The smallest absolute Gasteiger partial charge is 0.410 e. The molecule has 1 aromatic rings. The monoisotopic (exact) mass is 362 g/mol. The van der Waals surface area contributed by atoms with Gasteiger partial charge >= 0.3 is 6.09 Å². The summed E-state index contributed by atoms with van der Waals surface area (Å²) in [6.07, 6.45) is 0.348. The Labute approximate surface area is 153 Å². The molecule has 7 nitrogen and oxygen atoms in total. The van der Waals surface area contributed by atoms with E-state index in [9.17, 15) is 9.59 Å². The number of methoxy groups -OCH3 is 2. The molecule has 26 heavy (non-hydrogen) atoms. The first kappa shape index (κ1) is 18.4. The molecule has 0 aliphatic carbocycles. The van der Waals surface area contributed by atoms with Crippen LogP contribution in [0.2, 0.25) is 0 Å². The highest BCUT2D eigenvalue weighted by Crippen LogP contribution is 2.33. The summed E-state index contributed by atoms with van der Waals surface area (Å²) >= 11 is 0. The molecule has 1 atom stereocenters. The molecular weight excluding hydrogens is 336 g/mol. The molecule has 0 aromatic heterocycles. The summed E-state index contributed by atoms with van der Waals surface area (Å²) in [5.74, 6) is 1.54. The lowest BCUT2D eigenvalue weighted by molar-refractivity contribution is -0.133. The fraction of sp³-hybridized carbons (Fsp3) is 0.579. The van der Waals surface area contributed by atoms with Gasteiger partial charge in [-0.2, -0.15) is 0 Å². The normalized spacial score (nSPS) is 19.4. The molecule has 0 saturated carbocycles. The van der Waals surface area contributed by atoms with Gasteiger partial charge in [-0.3, -0.25) is 9.69 Å². The van der Waals surface area contributed by atoms with Gasteiger partial charge in [0.15, 0.2) is 11.5 Å². The number of nitrogens with zero attached hydrogens (tertiary/aromatic N) is 2. The zero-order chi connectivity index (χ0) is 18.8. The molecule has 1 saturated heterocycles. The van der Waals surface area contributed by atoms with Crippen LogP contribution in [0, 0.1) is 5.92 Å². The first-order chi connectivity index (χ1) is 12.4. The van der Waals surface area contributed by atoms with Gasteiger partial charge in [0.1, 0.15) is 13.2 Å². The minimum absolute atomic E-state index is 0.0483. The third-order valence-electron chi connectivity index (χ3n) is 5.16. The van der Waals surface area contributed by atoms with E-state index < -0.39 is 6.09 Å². The number of carbonyl (C=O) groups is 2. The van der Waals surface area contributed by atoms with Crippen LogP contribution in [-0.4, -0.2) is 61.8 Å². The quantitative estimate of drug-likeness (QED) is 0.802. The highest BCUT2D eigenvalue weighted by atomic mass is 16.6. The van der Waals surface area contributed by atoms with Crippen LogP contribution in [0.4, 0.5) is 4.79 Å². The van der Waals surface area contributed by atoms with Crippen LogP contribution in [0.5, 0.6) is 11.5 Å². The Balaban J connectivity index is 1.72. The van der Waals surface area contributed by atoms with E-state index >= 15 is 0 Å². The van der Waals surface area contributed by atoms with Crippen molar-refractivity contribution in [2.45, 2.75) is 32.9 Å². The van der Waals surface area contributed by atoms with Crippen molar-refractivity contribution in [3.63, 3.8) is 0 Å². The number of cyclic esters (lactones) is 1. The van der Waals surface area contributed by atoms with Crippen LogP contribution in [0.25, 0.3) is 0 Å². The third kappa shape index (κ3) is 3.43. The SMILES string of the molecule is COc1cc2c(cc1OC)CN(C(=O)CN1C(=O)OCC1C(C)C)CC2. The fourth-order valence-corrected chi connectivity index (χ4v) is 3.54. The van der Waals surface area contributed by atoms with Crippen LogP contribution in [0.3, 0.4) is 0 Å². The van der Waals surface area contributed by atoms with E-state index in [0.717, 1.165) is 17.5 Å². The second-order valence-electron chi connectivity index (χ2n) is 7.06. The van der Waals surface area contributed by atoms with E-state index in [1.807, 2.05) is 26.0 Å². The Hall–Kier alpha value is -2.44. The highest BCUT2D eigenvalue weighted by Gasteiger charge is 2.37. The van der Waals surface area contributed by atoms with E-state index in [0.29, 0.717) is 31.2 Å². The van der Waals surface area contributed by atoms with Gasteiger partial charge in [-0.15, -0.1) is 0 Å². The molecule has 3 rings (SSSR count). The van der Waals surface area contributed by atoms with Crippen molar-refractivity contribution in [1.29, 1.82) is 0 Å². The summed E-state index contributed by atoms with van der Waals surface area (Å²) < 4.78 is 15.8. The van der Waals surface area contributed by atoms with Crippen molar-refractivity contribution >= 4 is 12.0 Å². The number of amides is 2. The molecule has 0 spiro atoms. The van der Waals surface area contributed by atoms with Crippen LogP contribution < -0.4 is 9.47 Å². The number of hydrogen-bond donors (Lipinski definition) is 0. The molecule has 1 fully saturated rings. The first-order valence-electron chi connectivity index (χ1n) is 8.89. The Kier molecular flexibility index (Phi) is 5.25. The topological polar surface area (TPSA) is 68.3 Å². The van der Waals surface area contributed by atoms with Crippen molar-refractivity contribution in [2.75, 3.05) is 33.9 Å². The number of hydrogen-bond acceptors (Lipinski definition) is 5. The summed E-state index contributed by atoms with van der Waals surface area (Å²) in [7, 11) is 3.21. The maximum absolute atomic E-state index is 12.8. The minimum Gasteiger partial charge on any atom is -0.493 e. The number of carbonyl (C=O) groups excluding carboxylic acids is 2. The molecule has 2 heterocycles. The highest BCUT2D eigenvalue weighted by molar-refractivity contribution is 5.83. The average Bonchev–Trinajstić information content (AvgIpc) is 3.00. The molecule has 1 unspecified atom stereocenters. The molecule has 0 radical (unpaired) electrons. The Morgan fingerprint density at radius 2 is 1.88 bits per heavy atom. The molecule has 0 bridgehead atoms. The zero-order valence-corrected chi connectivity index (χ0v) is 15.8. The lowest BCUT2D eigenvalue weighted by atomic mass is 9.98. The largest absolute Gasteiger partial charge is 0.493 e.